The molecule has 0 amide bonds. The number of hydrogen-bond acceptors (Lipinski definition) is 3. The Bertz CT molecular complexity index is 355. The molecule has 0 spiro atoms. The highest BCUT2D eigenvalue weighted by Gasteiger charge is 2.05. The van der Waals surface area contributed by atoms with Crippen LogP contribution in [0, 0.1) is 5.82 Å². The van der Waals surface area contributed by atoms with Crippen molar-refractivity contribution >= 4 is 5.69 Å². The van der Waals surface area contributed by atoms with Gasteiger partial charge in [0.2, 0.25) is 0 Å². The molecule has 0 aliphatic heterocycles. The molecule has 0 saturated heterocycles. The Hall–Kier alpha value is -1.13. The van der Waals surface area contributed by atoms with Crippen molar-refractivity contribution in [2.45, 2.75) is 26.5 Å². The Labute approximate surface area is 102 Å². The van der Waals surface area contributed by atoms with E-state index >= 15 is 0 Å². The van der Waals surface area contributed by atoms with Gasteiger partial charge in [0.25, 0.3) is 0 Å². The fraction of sp³-hybridized carbons (Fsp3) is 0.538. The molecule has 17 heavy (non-hydrogen) atoms. The lowest BCUT2D eigenvalue weighted by Crippen LogP contribution is -2.24. The number of anilines is 1. The average molecular weight is 240 g/mol. The summed E-state index contributed by atoms with van der Waals surface area (Å²) in [6.45, 7) is 6.11. The zero-order chi connectivity index (χ0) is 12.8. The maximum absolute atomic E-state index is 13.1. The van der Waals surface area contributed by atoms with Crippen LogP contribution in [0.1, 0.15) is 19.4 Å². The van der Waals surface area contributed by atoms with Gasteiger partial charge in [-0.05, 0) is 44.7 Å². The van der Waals surface area contributed by atoms with Gasteiger partial charge < -0.3 is 10.5 Å². The molecule has 0 aliphatic carbocycles. The minimum absolute atomic E-state index is 0.239. The largest absolute Gasteiger partial charge is 0.398 e. The highest BCUT2D eigenvalue weighted by atomic mass is 19.1. The number of likely N-dealkylation sites (N-methyl/N-ethyl adjacent to an activating group) is 1. The average Bonchev–Trinajstić information content (AvgIpc) is 2.23. The van der Waals surface area contributed by atoms with Crippen LogP contribution in [0.5, 0.6) is 0 Å². The fourth-order valence-electron chi connectivity index (χ4n) is 1.53. The Kier molecular flexibility index (Phi) is 5.38. The van der Waals surface area contributed by atoms with Crippen LogP contribution in [-0.2, 0) is 11.3 Å². The highest BCUT2D eigenvalue weighted by Crippen LogP contribution is 2.14. The standard InChI is InChI=1S/C13H21FN2O/c1-10(2)17-7-6-16(3)9-11-8-12(14)4-5-13(11)15/h4-5,8,10H,6-7,9,15H2,1-3H3. The third-order valence-electron chi connectivity index (χ3n) is 2.47. The van der Waals surface area contributed by atoms with Crippen LogP contribution < -0.4 is 5.73 Å². The molecule has 0 unspecified atom stereocenters. The maximum atomic E-state index is 13.1. The molecule has 0 bridgehead atoms. The van der Waals surface area contributed by atoms with Crippen molar-refractivity contribution in [2.75, 3.05) is 25.9 Å². The van der Waals surface area contributed by atoms with Gasteiger partial charge in [0.05, 0.1) is 12.7 Å². The quantitative estimate of drug-likeness (QED) is 0.775. The summed E-state index contributed by atoms with van der Waals surface area (Å²) >= 11 is 0. The van der Waals surface area contributed by atoms with Crippen LogP contribution >= 0.6 is 0 Å². The van der Waals surface area contributed by atoms with Gasteiger partial charge >= 0.3 is 0 Å². The van der Waals surface area contributed by atoms with E-state index in [-0.39, 0.29) is 11.9 Å². The molecular weight excluding hydrogens is 219 g/mol. The number of hydrogen-bond donors (Lipinski definition) is 1. The normalized spacial score (nSPS) is 11.4. The van der Waals surface area contributed by atoms with Crippen LogP contribution in [-0.4, -0.2) is 31.2 Å². The second-order valence-corrected chi connectivity index (χ2v) is 4.50. The lowest BCUT2D eigenvalue weighted by atomic mass is 10.1. The van der Waals surface area contributed by atoms with Crippen molar-refractivity contribution in [1.82, 2.24) is 4.90 Å². The van der Waals surface area contributed by atoms with Crippen LogP contribution in [0.4, 0.5) is 10.1 Å². The van der Waals surface area contributed by atoms with Gasteiger partial charge in [-0.3, -0.25) is 4.90 Å². The molecule has 1 aromatic rings. The van der Waals surface area contributed by atoms with Gasteiger partial charge in [0, 0.05) is 18.8 Å². The van der Waals surface area contributed by atoms with Crippen LogP contribution in [0.3, 0.4) is 0 Å². The van der Waals surface area contributed by atoms with E-state index in [4.69, 9.17) is 10.5 Å². The molecule has 0 saturated carbocycles. The van der Waals surface area contributed by atoms with Crippen LogP contribution in [0.25, 0.3) is 0 Å². The minimum Gasteiger partial charge on any atom is -0.398 e. The second kappa shape index (κ2) is 6.57. The van der Waals surface area contributed by atoms with Crippen molar-refractivity contribution in [3.63, 3.8) is 0 Å². The van der Waals surface area contributed by atoms with E-state index < -0.39 is 0 Å². The molecule has 1 rings (SSSR count). The van der Waals surface area contributed by atoms with Crippen LogP contribution in [0.2, 0.25) is 0 Å². The number of nitrogens with zero attached hydrogens (tertiary/aromatic N) is 1. The van der Waals surface area contributed by atoms with Gasteiger partial charge in [0.15, 0.2) is 0 Å². The minimum atomic E-state index is -0.249. The first-order valence-electron chi connectivity index (χ1n) is 5.83. The molecular formula is C13H21FN2O. The van der Waals surface area contributed by atoms with E-state index in [1.165, 1.54) is 12.1 Å². The van der Waals surface area contributed by atoms with E-state index in [1.807, 2.05) is 20.9 Å². The Morgan fingerprint density at radius 3 is 2.76 bits per heavy atom. The summed E-state index contributed by atoms with van der Waals surface area (Å²) in [7, 11) is 1.97. The topological polar surface area (TPSA) is 38.5 Å². The number of rotatable bonds is 6. The SMILES string of the molecule is CC(C)OCCN(C)Cc1cc(F)ccc1N. The number of nitrogens with two attached hydrogens (primary N) is 1. The molecule has 2 N–H and O–H groups in total. The molecule has 0 aromatic heterocycles. The molecule has 0 fully saturated rings. The van der Waals surface area contributed by atoms with Crippen molar-refractivity contribution in [2.24, 2.45) is 0 Å². The molecule has 0 aliphatic rings. The third-order valence-corrected chi connectivity index (χ3v) is 2.47. The molecule has 0 atom stereocenters. The Morgan fingerprint density at radius 1 is 1.41 bits per heavy atom. The van der Waals surface area contributed by atoms with Gasteiger partial charge in [0.1, 0.15) is 5.82 Å². The van der Waals surface area contributed by atoms with Crippen molar-refractivity contribution in [3.05, 3.63) is 29.6 Å². The van der Waals surface area contributed by atoms with E-state index in [9.17, 15) is 4.39 Å². The Morgan fingerprint density at radius 2 is 2.12 bits per heavy atom. The van der Waals surface area contributed by atoms with Gasteiger partial charge in [-0.2, -0.15) is 0 Å². The first-order valence-corrected chi connectivity index (χ1v) is 5.83. The first-order chi connectivity index (χ1) is 7.99. The van der Waals surface area contributed by atoms with E-state index in [0.717, 1.165) is 12.1 Å². The summed E-state index contributed by atoms with van der Waals surface area (Å²) in [6, 6.07) is 4.46. The summed E-state index contributed by atoms with van der Waals surface area (Å²) in [5.41, 5.74) is 7.23. The monoisotopic (exact) mass is 240 g/mol. The molecule has 3 nitrogen and oxygen atoms in total. The first kappa shape index (κ1) is 13.9. The lowest BCUT2D eigenvalue weighted by Gasteiger charge is -2.18. The summed E-state index contributed by atoms with van der Waals surface area (Å²) in [5, 5.41) is 0. The fourth-order valence-corrected chi connectivity index (χ4v) is 1.53. The summed E-state index contributed by atoms with van der Waals surface area (Å²) in [6.07, 6.45) is 0.239. The number of nitrogen functional groups attached to an aromatic ring is 1. The second-order valence-electron chi connectivity index (χ2n) is 4.50. The predicted molar refractivity (Wildman–Crippen MR) is 68.2 cm³/mol. The van der Waals surface area contributed by atoms with E-state index in [0.29, 0.717) is 18.8 Å². The summed E-state index contributed by atoms with van der Waals surface area (Å²) in [4.78, 5) is 2.06. The summed E-state index contributed by atoms with van der Waals surface area (Å²) < 4.78 is 18.5. The molecule has 1 aromatic carbocycles. The van der Waals surface area contributed by atoms with Crippen molar-refractivity contribution in [1.29, 1.82) is 0 Å². The molecule has 0 heterocycles. The smallest absolute Gasteiger partial charge is 0.123 e. The molecule has 0 radical (unpaired) electrons. The lowest BCUT2D eigenvalue weighted by molar-refractivity contribution is 0.0627. The molecule has 96 valence electrons. The Balaban J connectivity index is 2.44. The third kappa shape index (κ3) is 5.15. The molecule has 4 heteroatoms. The highest BCUT2D eigenvalue weighted by molar-refractivity contribution is 5.46. The zero-order valence-corrected chi connectivity index (χ0v) is 10.7. The predicted octanol–water partition coefficient (Wildman–Crippen LogP) is 2.26. The summed E-state index contributed by atoms with van der Waals surface area (Å²) in [5.74, 6) is -0.249. The van der Waals surface area contributed by atoms with E-state index in [2.05, 4.69) is 4.90 Å². The number of benzene rings is 1. The maximum Gasteiger partial charge on any atom is 0.123 e. The zero-order valence-electron chi connectivity index (χ0n) is 10.7. The van der Waals surface area contributed by atoms with Crippen molar-refractivity contribution in [3.8, 4) is 0 Å². The van der Waals surface area contributed by atoms with Gasteiger partial charge in [-0.25, -0.2) is 4.39 Å². The number of halogens is 1. The van der Waals surface area contributed by atoms with Crippen LogP contribution in [0.15, 0.2) is 18.2 Å². The van der Waals surface area contributed by atoms with Gasteiger partial charge in [-0.1, -0.05) is 0 Å². The van der Waals surface area contributed by atoms with Crippen molar-refractivity contribution < 1.29 is 9.13 Å². The van der Waals surface area contributed by atoms with Gasteiger partial charge in [-0.15, -0.1) is 0 Å². The van der Waals surface area contributed by atoms with E-state index in [1.54, 1.807) is 6.07 Å². The number of ether oxygens (including phenoxy) is 1.